The maximum atomic E-state index is 13.0. The molecule has 0 aromatic heterocycles. The van der Waals surface area contributed by atoms with E-state index in [4.69, 9.17) is 9.47 Å². The van der Waals surface area contributed by atoms with Gasteiger partial charge in [-0.25, -0.2) is 9.59 Å². The van der Waals surface area contributed by atoms with Crippen LogP contribution in [0.5, 0.6) is 5.75 Å². The smallest absolute Gasteiger partial charge is 0.328 e. The predicted octanol–water partition coefficient (Wildman–Crippen LogP) is 5.16. The van der Waals surface area contributed by atoms with Crippen molar-refractivity contribution in [3.8, 4) is 16.9 Å². The topological polar surface area (TPSA) is 97.0 Å². The second-order valence-corrected chi connectivity index (χ2v) is 8.91. The summed E-state index contributed by atoms with van der Waals surface area (Å²) in [4.78, 5) is 39.2. The average molecular weight is 488 g/mol. The Morgan fingerprint density at radius 3 is 2.25 bits per heavy atom. The van der Waals surface area contributed by atoms with Gasteiger partial charge in [-0.05, 0) is 59.0 Å². The van der Waals surface area contributed by atoms with Crippen molar-refractivity contribution < 1.29 is 23.9 Å². The van der Waals surface area contributed by atoms with E-state index in [0.29, 0.717) is 29.2 Å². The Bertz CT molecular complexity index is 1290. The van der Waals surface area contributed by atoms with Gasteiger partial charge in [-0.2, -0.15) is 0 Å². The first kappa shape index (κ1) is 24.8. The van der Waals surface area contributed by atoms with Gasteiger partial charge in [-0.1, -0.05) is 38.1 Å². The van der Waals surface area contributed by atoms with Crippen molar-refractivity contribution in [1.82, 2.24) is 4.90 Å². The summed E-state index contributed by atoms with van der Waals surface area (Å²) >= 11 is 0. The number of amides is 3. The molecular formula is C28H29N3O5. The molecule has 3 aromatic carbocycles. The summed E-state index contributed by atoms with van der Waals surface area (Å²) in [6.45, 7) is 4.15. The van der Waals surface area contributed by atoms with E-state index >= 15 is 0 Å². The highest BCUT2D eigenvalue weighted by molar-refractivity contribution is 6.01. The van der Waals surface area contributed by atoms with Crippen LogP contribution in [0.1, 0.15) is 29.8 Å². The second-order valence-electron chi connectivity index (χ2n) is 8.91. The number of nitrogens with zero attached hydrogens (tertiary/aromatic N) is 1. The van der Waals surface area contributed by atoms with Gasteiger partial charge in [0.25, 0.3) is 5.91 Å². The van der Waals surface area contributed by atoms with Gasteiger partial charge >= 0.3 is 12.0 Å². The molecule has 0 saturated carbocycles. The number of ether oxygens (including phenoxy) is 2. The largest absolute Gasteiger partial charge is 0.497 e. The summed E-state index contributed by atoms with van der Waals surface area (Å²) in [6.07, 6.45) is 0. The Balaban J connectivity index is 1.45. The number of methoxy groups -OCH3 is 2. The fourth-order valence-corrected chi connectivity index (χ4v) is 4.37. The lowest BCUT2D eigenvalue weighted by Gasteiger charge is -2.28. The van der Waals surface area contributed by atoms with Gasteiger partial charge in [0.1, 0.15) is 11.8 Å². The van der Waals surface area contributed by atoms with E-state index in [9.17, 15) is 14.4 Å². The lowest BCUT2D eigenvalue weighted by Crippen LogP contribution is -2.45. The zero-order valence-electron chi connectivity index (χ0n) is 20.7. The number of benzene rings is 3. The molecule has 8 heteroatoms. The van der Waals surface area contributed by atoms with Gasteiger partial charge < -0.3 is 25.0 Å². The predicted molar refractivity (Wildman–Crippen MR) is 138 cm³/mol. The third-order valence-corrected chi connectivity index (χ3v) is 6.15. The maximum absolute atomic E-state index is 13.0. The van der Waals surface area contributed by atoms with Crippen molar-refractivity contribution >= 4 is 29.3 Å². The number of carbonyl (C=O) groups is 3. The van der Waals surface area contributed by atoms with Crippen molar-refractivity contribution in [3.05, 3.63) is 77.9 Å². The third-order valence-electron chi connectivity index (χ3n) is 6.15. The first-order valence-corrected chi connectivity index (χ1v) is 11.6. The summed E-state index contributed by atoms with van der Waals surface area (Å²) < 4.78 is 10.1. The van der Waals surface area contributed by atoms with Gasteiger partial charge in [0, 0.05) is 29.5 Å². The number of anilines is 2. The Morgan fingerprint density at radius 2 is 1.58 bits per heavy atom. The number of rotatable bonds is 7. The van der Waals surface area contributed by atoms with E-state index in [0.717, 1.165) is 16.7 Å². The number of esters is 1. The fourth-order valence-electron chi connectivity index (χ4n) is 4.37. The molecule has 0 radical (unpaired) electrons. The van der Waals surface area contributed by atoms with E-state index in [1.54, 1.807) is 42.3 Å². The highest BCUT2D eigenvalue weighted by Gasteiger charge is 2.38. The summed E-state index contributed by atoms with van der Waals surface area (Å²) in [5, 5.41) is 5.59. The van der Waals surface area contributed by atoms with Crippen molar-refractivity contribution in [1.29, 1.82) is 0 Å². The molecule has 1 heterocycles. The molecule has 36 heavy (non-hydrogen) atoms. The van der Waals surface area contributed by atoms with Crippen LogP contribution in [0.25, 0.3) is 11.1 Å². The van der Waals surface area contributed by atoms with Crippen molar-refractivity contribution in [2.45, 2.75) is 26.4 Å². The van der Waals surface area contributed by atoms with Gasteiger partial charge in [0.2, 0.25) is 0 Å². The molecule has 0 saturated heterocycles. The van der Waals surface area contributed by atoms with Gasteiger partial charge in [0.05, 0.1) is 14.2 Å². The average Bonchev–Trinajstić information content (AvgIpc) is 3.19. The number of hydrogen-bond acceptors (Lipinski definition) is 5. The van der Waals surface area contributed by atoms with Crippen LogP contribution in [0.15, 0.2) is 66.7 Å². The molecule has 3 amide bonds. The molecule has 0 fully saturated rings. The molecule has 186 valence electrons. The maximum Gasteiger partial charge on any atom is 0.328 e. The molecule has 0 unspecified atom stereocenters. The van der Waals surface area contributed by atoms with Crippen LogP contribution in [0.3, 0.4) is 0 Å². The minimum Gasteiger partial charge on any atom is -0.497 e. The Kier molecular flexibility index (Phi) is 7.24. The molecule has 4 rings (SSSR count). The van der Waals surface area contributed by atoms with Crippen LogP contribution < -0.4 is 15.4 Å². The molecular weight excluding hydrogens is 458 g/mol. The number of carbonyl (C=O) groups excluding carboxylic acids is 3. The Morgan fingerprint density at radius 1 is 0.889 bits per heavy atom. The highest BCUT2D eigenvalue weighted by atomic mass is 16.5. The van der Waals surface area contributed by atoms with Gasteiger partial charge in [-0.3, -0.25) is 4.79 Å². The lowest BCUT2D eigenvalue weighted by molar-refractivity contribution is -0.147. The molecule has 0 spiro atoms. The lowest BCUT2D eigenvalue weighted by atomic mass is 10.0. The second kappa shape index (κ2) is 10.5. The summed E-state index contributed by atoms with van der Waals surface area (Å²) in [6, 6.07) is 19.2. The molecule has 8 nitrogen and oxygen atoms in total. The SMILES string of the molecule is COC(=O)[C@H](C(C)C)N1Cc2cc(-c3ccc(NC(=O)Nc4cccc(OC)c4)cc3)ccc2C1=O. The normalized spacial score (nSPS) is 13.2. The van der Waals surface area contributed by atoms with Crippen LogP contribution in [0.4, 0.5) is 16.2 Å². The molecule has 2 N–H and O–H groups in total. The van der Waals surface area contributed by atoms with Gasteiger partial charge in [-0.15, -0.1) is 0 Å². The van der Waals surface area contributed by atoms with E-state index in [-0.39, 0.29) is 17.9 Å². The first-order chi connectivity index (χ1) is 17.3. The minimum atomic E-state index is -0.633. The quantitative estimate of drug-likeness (QED) is 0.449. The van der Waals surface area contributed by atoms with Crippen LogP contribution in [0.2, 0.25) is 0 Å². The van der Waals surface area contributed by atoms with E-state index < -0.39 is 12.0 Å². The molecule has 3 aromatic rings. The van der Waals surface area contributed by atoms with E-state index in [1.165, 1.54) is 7.11 Å². The fraction of sp³-hybridized carbons (Fsp3) is 0.250. The monoisotopic (exact) mass is 487 g/mol. The van der Waals surface area contributed by atoms with Crippen LogP contribution in [-0.2, 0) is 16.1 Å². The Labute approximate surface area is 210 Å². The van der Waals surface area contributed by atoms with Gasteiger partial charge in [0.15, 0.2) is 0 Å². The van der Waals surface area contributed by atoms with Crippen LogP contribution in [-0.4, -0.2) is 43.1 Å². The summed E-state index contributed by atoms with van der Waals surface area (Å²) in [5.41, 5.74) is 4.61. The molecule has 0 aliphatic carbocycles. The molecule has 0 bridgehead atoms. The summed E-state index contributed by atoms with van der Waals surface area (Å²) in [5.74, 6) is 0.00448. The molecule has 1 aliphatic rings. The highest BCUT2D eigenvalue weighted by Crippen LogP contribution is 2.32. The first-order valence-electron chi connectivity index (χ1n) is 11.6. The number of nitrogens with one attached hydrogen (secondary N) is 2. The Hall–Kier alpha value is -4.33. The van der Waals surface area contributed by atoms with Crippen LogP contribution >= 0.6 is 0 Å². The third kappa shape index (κ3) is 5.17. The van der Waals surface area contributed by atoms with E-state index in [1.807, 2.05) is 50.2 Å². The number of urea groups is 1. The van der Waals surface area contributed by atoms with Crippen LogP contribution in [0, 0.1) is 5.92 Å². The van der Waals surface area contributed by atoms with Crippen molar-refractivity contribution in [3.63, 3.8) is 0 Å². The number of fused-ring (bicyclic) bond motifs is 1. The summed E-state index contributed by atoms with van der Waals surface area (Å²) in [7, 11) is 2.91. The van der Waals surface area contributed by atoms with E-state index in [2.05, 4.69) is 10.6 Å². The molecule has 1 aliphatic heterocycles. The minimum absolute atomic E-state index is 0.0728. The standard InChI is InChI=1S/C28H29N3O5/c1-17(2)25(27(33)36-4)31-16-20-14-19(10-13-24(20)26(31)32)18-8-11-21(12-9-18)29-28(34)30-22-6-5-7-23(15-22)35-3/h5-15,17,25H,16H2,1-4H3,(H2,29,30,34)/t25-/m0/s1. The zero-order valence-corrected chi connectivity index (χ0v) is 20.7. The molecule has 1 atom stereocenters. The zero-order chi connectivity index (χ0) is 25.8. The van der Waals surface area contributed by atoms with Crippen molar-refractivity contribution in [2.75, 3.05) is 24.9 Å². The van der Waals surface area contributed by atoms with Crippen molar-refractivity contribution in [2.24, 2.45) is 5.92 Å². The number of hydrogen-bond donors (Lipinski definition) is 2.